The predicted molar refractivity (Wildman–Crippen MR) is 79.5 cm³/mol. The number of nitrogens with two attached hydrogens (primary N) is 1. The summed E-state index contributed by atoms with van der Waals surface area (Å²) in [5.41, 5.74) is 8.72. The summed E-state index contributed by atoms with van der Waals surface area (Å²) in [7, 11) is 0. The molecule has 0 bridgehead atoms. The van der Waals surface area contributed by atoms with Gasteiger partial charge in [-0.1, -0.05) is 30.7 Å². The van der Waals surface area contributed by atoms with E-state index in [1.807, 2.05) is 6.07 Å². The van der Waals surface area contributed by atoms with Gasteiger partial charge in [0.1, 0.15) is 0 Å². The fourth-order valence-electron chi connectivity index (χ4n) is 2.91. The molecule has 1 fully saturated rings. The second kappa shape index (κ2) is 7.41. The van der Waals surface area contributed by atoms with Crippen LogP contribution in [0.2, 0.25) is 0 Å². The lowest BCUT2D eigenvalue weighted by molar-refractivity contribution is -0.137. The zero-order valence-electron chi connectivity index (χ0n) is 11.8. The number of hydrogen-bond acceptors (Lipinski definition) is 3. The zero-order valence-corrected chi connectivity index (χ0v) is 11.8. The first-order valence-corrected chi connectivity index (χ1v) is 7.48. The highest BCUT2D eigenvalue weighted by Crippen LogP contribution is 2.30. The third kappa shape index (κ3) is 4.05. The first-order chi connectivity index (χ1) is 9.68. The fraction of sp³-hybridized carbons (Fsp3) is 0.562. The van der Waals surface area contributed by atoms with Crippen molar-refractivity contribution >= 4 is 5.97 Å². The van der Waals surface area contributed by atoms with Crippen molar-refractivity contribution in [3.8, 4) is 0 Å². The number of hydrogen-bond donors (Lipinski definition) is 3. The van der Waals surface area contributed by atoms with E-state index in [0.717, 1.165) is 24.9 Å². The Morgan fingerprint density at radius 1 is 1.40 bits per heavy atom. The lowest BCUT2D eigenvalue weighted by Gasteiger charge is -2.27. The normalized spacial score (nSPS) is 20.6. The molecule has 0 aromatic heterocycles. The molecule has 0 radical (unpaired) electrons. The molecular weight excluding hydrogens is 252 g/mol. The maximum atomic E-state index is 10.6. The molecule has 0 saturated carbocycles. The van der Waals surface area contributed by atoms with Crippen molar-refractivity contribution < 1.29 is 9.90 Å². The van der Waals surface area contributed by atoms with Crippen LogP contribution in [0.5, 0.6) is 0 Å². The smallest absolute Gasteiger partial charge is 0.303 e. The molecule has 0 amide bonds. The topological polar surface area (TPSA) is 75.4 Å². The van der Waals surface area contributed by atoms with Gasteiger partial charge in [-0.3, -0.25) is 4.79 Å². The van der Waals surface area contributed by atoms with Crippen LogP contribution in [0.3, 0.4) is 0 Å². The Hall–Kier alpha value is -1.39. The van der Waals surface area contributed by atoms with Gasteiger partial charge in [0.05, 0.1) is 0 Å². The van der Waals surface area contributed by atoms with Crippen molar-refractivity contribution in [1.82, 2.24) is 5.32 Å². The molecule has 1 heterocycles. The molecule has 0 spiro atoms. The van der Waals surface area contributed by atoms with Gasteiger partial charge in [-0.05, 0) is 43.4 Å². The van der Waals surface area contributed by atoms with Gasteiger partial charge in [-0.2, -0.15) is 0 Å². The Morgan fingerprint density at radius 2 is 2.20 bits per heavy atom. The van der Waals surface area contributed by atoms with Crippen LogP contribution in [0.1, 0.15) is 61.7 Å². The number of piperidine rings is 1. The molecule has 1 aromatic carbocycles. The Bertz CT molecular complexity index is 442. The van der Waals surface area contributed by atoms with Crippen molar-refractivity contribution in [3.05, 3.63) is 35.4 Å². The second-order valence-corrected chi connectivity index (χ2v) is 5.52. The molecule has 4 heteroatoms. The number of carboxylic acids is 1. The van der Waals surface area contributed by atoms with Crippen LogP contribution in [-0.2, 0) is 4.79 Å². The standard InChI is InChI=1S/C16H24N2O2/c17-14(8-5-10-16(19)20)12-6-1-2-7-13(12)15-9-3-4-11-18-15/h1-2,6-7,14-15,18H,3-5,8-11,17H2,(H,19,20)/t14-,15?/m0/s1. The van der Waals surface area contributed by atoms with Gasteiger partial charge in [0.15, 0.2) is 0 Å². The molecule has 1 aliphatic rings. The van der Waals surface area contributed by atoms with Gasteiger partial charge >= 0.3 is 5.97 Å². The third-order valence-electron chi connectivity index (χ3n) is 3.99. The van der Waals surface area contributed by atoms with Crippen LogP contribution in [0.15, 0.2) is 24.3 Å². The summed E-state index contributed by atoms with van der Waals surface area (Å²) in [5.74, 6) is -0.751. The van der Waals surface area contributed by atoms with E-state index in [-0.39, 0.29) is 12.5 Å². The van der Waals surface area contributed by atoms with E-state index in [1.54, 1.807) is 0 Å². The maximum Gasteiger partial charge on any atom is 0.303 e. The van der Waals surface area contributed by atoms with E-state index in [1.165, 1.54) is 18.4 Å². The van der Waals surface area contributed by atoms with E-state index >= 15 is 0 Å². The molecule has 1 unspecified atom stereocenters. The number of carboxylic acid groups (broad SMARTS) is 1. The molecule has 0 aliphatic carbocycles. The van der Waals surface area contributed by atoms with Crippen molar-refractivity contribution in [2.45, 2.75) is 50.6 Å². The summed E-state index contributed by atoms with van der Waals surface area (Å²) in [5, 5.41) is 12.3. The number of rotatable bonds is 6. The summed E-state index contributed by atoms with van der Waals surface area (Å²) < 4.78 is 0. The number of benzene rings is 1. The largest absolute Gasteiger partial charge is 0.481 e. The lowest BCUT2D eigenvalue weighted by Crippen LogP contribution is -2.28. The highest BCUT2D eigenvalue weighted by molar-refractivity contribution is 5.66. The first kappa shape index (κ1) is 15.0. The van der Waals surface area contributed by atoms with Crippen LogP contribution >= 0.6 is 0 Å². The molecule has 2 atom stereocenters. The SMILES string of the molecule is N[C@@H](CCCC(=O)O)c1ccccc1C1CCCCN1. The van der Waals surface area contributed by atoms with Gasteiger partial charge in [-0.25, -0.2) is 0 Å². The minimum Gasteiger partial charge on any atom is -0.481 e. The van der Waals surface area contributed by atoms with Crippen LogP contribution in [0.4, 0.5) is 0 Å². The maximum absolute atomic E-state index is 10.6. The van der Waals surface area contributed by atoms with Crippen LogP contribution in [0.25, 0.3) is 0 Å². The van der Waals surface area contributed by atoms with E-state index < -0.39 is 5.97 Å². The third-order valence-corrected chi connectivity index (χ3v) is 3.99. The predicted octanol–water partition coefficient (Wildman–Crippen LogP) is 2.76. The van der Waals surface area contributed by atoms with E-state index in [9.17, 15) is 4.79 Å². The van der Waals surface area contributed by atoms with Gasteiger partial charge in [0, 0.05) is 18.5 Å². The van der Waals surface area contributed by atoms with Gasteiger partial charge in [-0.15, -0.1) is 0 Å². The average Bonchev–Trinajstić information content (AvgIpc) is 2.47. The van der Waals surface area contributed by atoms with Gasteiger partial charge in [0.2, 0.25) is 0 Å². The summed E-state index contributed by atoms with van der Waals surface area (Å²) in [6, 6.07) is 8.62. The van der Waals surface area contributed by atoms with E-state index in [0.29, 0.717) is 12.5 Å². The molecule has 4 N–H and O–H groups in total. The Balaban J connectivity index is 2.04. The van der Waals surface area contributed by atoms with Crippen molar-refractivity contribution in [2.75, 3.05) is 6.54 Å². The number of carbonyl (C=O) groups is 1. The fourth-order valence-corrected chi connectivity index (χ4v) is 2.91. The Labute approximate surface area is 120 Å². The molecule has 110 valence electrons. The summed E-state index contributed by atoms with van der Waals surface area (Å²) in [6.45, 7) is 1.06. The van der Waals surface area contributed by atoms with Crippen LogP contribution < -0.4 is 11.1 Å². The molecule has 1 aromatic rings. The number of nitrogens with one attached hydrogen (secondary N) is 1. The van der Waals surface area contributed by atoms with Gasteiger partial charge < -0.3 is 16.2 Å². The Kier molecular flexibility index (Phi) is 5.56. The summed E-state index contributed by atoms with van der Waals surface area (Å²) >= 11 is 0. The van der Waals surface area contributed by atoms with Crippen molar-refractivity contribution in [3.63, 3.8) is 0 Å². The summed E-state index contributed by atoms with van der Waals surface area (Å²) in [6.07, 6.45) is 5.18. The molecule has 1 saturated heterocycles. The minimum absolute atomic E-state index is 0.0747. The van der Waals surface area contributed by atoms with Crippen molar-refractivity contribution in [2.24, 2.45) is 5.73 Å². The quantitative estimate of drug-likeness (QED) is 0.747. The molecule has 20 heavy (non-hydrogen) atoms. The van der Waals surface area contributed by atoms with E-state index in [4.69, 9.17) is 10.8 Å². The molecule has 4 nitrogen and oxygen atoms in total. The Morgan fingerprint density at radius 3 is 2.90 bits per heavy atom. The second-order valence-electron chi connectivity index (χ2n) is 5.52. The minimum atomic E-state index is -0.751. The van der Waals surface area contributed by atoms with Crippen LogP contribution in [0, 0.1) is 0 Å². The lowest BCUT2D eigenvalue weighted by atomic mass is 9.89. The molecule has 2 rings (SSSR count). The van der Waals surface area contributed by atoms with Gasteiger partial charge in [0.25, 0.3) is 0 Å². The van der Waals surface area contributed by atoms with Crippen molar-refractivity contribution in [1.29, 1.82) is 0 Å². The molecular formula is C16H24N2O2. The van der Waals surface area contributed by atoms with Crippen LogP contribution in [-0.4, -0.2) is 17.6 Å². The average molecular weight is 276 g/mol. The monoisotopic (exact) mass is 276 g/mol. The highest BCUT2D eigenvalue weighted by atomic mass is 16.4. The highest BCUT2D eigenvalue weighted by Gasteiger charge is 2.20. The van der Waals surface area contributed by atoms with E-state index in [2.05, 4.69) is 23.5 Å². The number of aliphatic carboxylic acids is 1. The zero-order chi connectivity index (χ0) is 14.4. The summed E-state index contributed by atoms with van der Waals surface area (Å²) in [4.78, 5) is 10.6. The first-order valence-electron chi connectivity index (χ1n) is 7.48. The molecule has 1 aliphatic heterocycles.